The summed E-state index contributed by atoms with van der Waals surface area (Å²) in [5.74, 6) is 1.94. The molecule has 0 aromatic heterocycles. The van der Waals surface area contributed by atoms with Gasteiger partial charge in [-0.15, -0.1) is 0 Å². The van der Waals surface area contributed by atoms with Crippen LogP contribution in [0.1, 0.15) is 12.0 Å². The summed E-state index contributed by atoms with van der Waals surface area (Å²) >= 11 is 3.44. The van der Waals surface area contributed by atoms with Gasteiger partial charge in [0.25, 0.3) is 11.8 Å². The summed E-state index contributed by atoms with van der Waals surface area (Å²) in [4.78, 5) is 25.9. The number of hydrogen-bond acceptors (Lipinski definition) is 5. The molecule has 2 saturated carbocycles. The first kappa shape index (κ1) is 17.0. The van der Waals surface area contributed by atoms with E-state index in [-0.39, 0.29) is 35.5 Å². The highest BCUT2D eigenvalue weighted by molar-refractivity contribution is 9.10. The largest absolute Gasteiger partial charge is 0.496 e. The summed E-state index contributed by atoms with van der Waals surface area (Å²) in [6.45, 7) is 0. The minimum Gasteiger partial charge on any atom is -0.496 e. The van der Waals surface area contributed by atoms with E-state index >= 15 is 0 Å². The maximum atomic E-state index is 12.9. The molecule has 140 valence electrons. The van der Waals surface area contributed by atoms with Gasteiger partial charge in [0.1, 0.15) is 11.5 Å². The van der Waals surface area contributed by atoms with Gasteiger partial charge in [-0.3, -0.25) is 9.59 Å². The highest BCUT2D eigenvalue weighted by Crippen LogP contribution is 2.65. The Morgan fingerprint density at radius 3 is 2.19 bits per heavy atom. The van der Waals surface area contributed by atoms with E-state index in [1.165, 1.54) is 6.21 Å². The Hall–Kier alpha value is -2.15. The number of rotatable bonds is 4. The number of allylic oxidation sites excluding steroid dienone is 2. The minimum absolute atomic E-state index is 0.169. The molecule has 4 aliphatic carbocycles. The number of ether oxygens (including phenoxy) is 2. The average molecular weight is 431 g/mol. The van der Waals surface area contributed by atoms with Crippen molar-refractivity contribution in [2.45, 2.75) is 6.42 Å². The van der Waals surface area contributed by atoms with E-state index in [9.17, 15) is 9.59 Å². The summed E-state index contributed by atoms with van der Waals surface area (Å²) in [5.41, 5.74) is 0.657. The lowest BCUT2D eigenvalue weighted by Crippen LogP contribution is -2.40. The lowest BCUT2D eigenvalue weighted by atomic mass is 9.63. The summed E-state index contributed by atoms with van der Waals surface area (Å²) in [7, 11) is 3.12. The summed E-state index contributed by atoms with van der Waals surface area (Å²) in [6.07, 6.45) is 6.96. The molecular formula is C20H19BrN2O4. The number of amides is 2. The second-order valence-corrected chi connectivity index (χ2v) is 8.47. The van der Waals surface area contributed by atoms with Crippen molar-refractivity contribution < 1.29 is 19.1 Å². The van der Waals surface area contributed by atoms with Crippen LogP contribution in [0.4, 0.5) is 0 Å². The number of imide groups is 1. The summed E-state index contributed by atoms with van der Waals surface area (Å²) in [5, 5.41) is 5.34. The molecule has 5 aliphatic rings. The Morgan fingerprint density at radius 1 is 1.04 bits per heavy atom. The van der Waals surface area contributed by atoms with Crippen molar-refractivity contribution in [2.75, 3.05) is 14.2 Å². The number of carbonyl (C=O) groups excluding carboxylic acids is 2. The second-order valence-electron chi connectivity index (χ2n) is 7.62. The molecule has 0 spiro atoms. The molecule has 3 fully saturated rings. The molecule has 1 aromatic rings. The van der Waals surface area contributed by atoms with Crippen molar-refractivity contribution in [3.63, 3.8) is 0 Å². The van der Waals surface area contributed by atoms with Crippen LogP contribution in [0.15, 0.2) is 33.9 Å². The van der Waals surface area contributed by atoms with Gasteiger partial charge in [0.15, 0.2) is 0 Å². The van der Waals surface area contributed by atoms with Crippen molar-refractivity contribution in [3.05, 3.63) is 34.3 Å². The Balaban J connectivity index is 1.45. The highest BCUT2D eigenvalue weighted by Gasteiger charge is 2.67. The molecule has 6 atom stereocenters. The van der Waals surface area contributed by atoms with Crippen LogP contribution in [-0.2, 0) is 9.59 Å². The number of hydrogen-bond donors (Lipinski definition) is 0. The summed E-state index contributed by atoms with van der Waals surface area (Å²) in [6, 6.07) is 3.52. The van der Waals surface area contributed by atoms with E-state index in [0.717, 1.165) is 15.9 Å². The Kier molecular flexibility index (Phi) is 3.73. The number of benzene rings is 1. The molecule has 1 heterocycles. The van der Waals surface area contributed by atoms with Crippen LogP contribution in [0.2, 0.25) is 0 Å². The minimum atomic E-state index is -0.238. The van der Waals surface area contributed by atoms with Gasteiger partial charge in [-0.1, -0.05) is 12.2 Å². The zero-order chi connectivity index (χ0) is 18.9. The molecule has 1 aromatic carbocycles. The molecule has 2 amide bonds. The third-order valence-corrected chi connectivity index (χ3v) is 7.08. The fraction of sp³-hybridized carbons (Fsp3) is 0.450. The Morgan fingerprint density at radius 2 is 1.63 bits per heavy atom. The van der Waals surface area contributed by atoms with Crippen molar-refractivity contribution in [1.82, 2.24) is 5.01 Å². The Labute approximate surface area is 165 Å². The van der Waals surface area contributed by atoms with Crippen LogP contribution in [-0.4, -0.2) is 37.3 Å². The topological polar surface area (TPSA) is 68.2 Å². The first-order chi connectivity index (χ1) is 13.0. The average Bonchev–Trinajstić information content (AvgIpc) is 3.45. The molecule has 1 saturated heterocycles. The van der Waals surface area contributed by atoms with Gasteiger partial charge in [-0.2, -0.15) is 10.1 Å². The van der Waals surface area contributed by atoms with Crippen LogP contribution in [0.25, 0.3) is 0 Å². The number of nitrogens with zero attached hydrogens (tertiary/aromatic N) is 2. The normalized spacial score (nSPS) is 35.6. The third-order valence-electron chi connectivity index (χ3n) is 6.46. The third kappa shape index (κ3) is 2.33. The molecule has 6 unspecified atom stereocenters. The lowest BCUT2D eigenvalue weighted by Gasteiger charge is -2.37. The SMILES string of the molecule is COc1cc(OC)c(/C=N/N2C(=O)C3C4C=CC(C5CC45)C3C2=O)cc1Br. The van der Waals surface area contributed by atoms with Gasteiger partial charge in [0, 0.05) is 11.6 Å². The molecule has 0 radical (unpaired) electrons. The van der Waals surface area contributed by atoms with Crippen LogP contribution < -0.4 is 9.47 Å². The molecule has 6 nitrogen and oxygen atoms in total. The van der Waals surface area contributed by atoms with E-state index in [4.69, 9.17) is 9.47 Å². The van der Waals surface area contributed by atoms with Crippen molar-refractivity contribution in [3.8, 4) is 11.5 Å². The first-order valence-corrected chi connectivity index (χ1v) is 9.86. The standard InChI is InChI=1S/C20H19BrN2O4/c1-26-15-7-16(27-2)14(21)5-9(15)8-22-23-19(24)17-10-3-4-11(13-6-12(10)13)18(17)20(23)25/h3-5,7-8,10-13,17-18H,6H2,1-2H3/b22-8+. The van der Waals surface area contributed by atoms with E-state index in [0.29, 0.717) is 28.9 Å². The molecular weight excluding hydrogens is 412 g/mol. The van der Waals surface area contributed by atoms with E-state index in [2.05, 4.69) is 33.2 Å². The maximum absolute atomic E-state index is 12.9. The predicted molar refractivity (Wildman–Crippen MR) is 101 cm³/mol. The van der Waals surface area contributed by atoms with Gasteiger partial charge >= 0.3 is 0 Å². The van der Waals surface area contributed by atoms with Crippen LogP contribution in [0, 0.1) is 35.5 Å². The number of carbonyl (C=O) groups is 2. The van der Waals surface area contributed by atoms with Gasteiger partial charge in [0.05, 0.1) is 36.7 Å². The number of hydrazone groups is 1. The number of methoxy groups -OCH3 is 2. The van der Waals surface area contributed by atoms with Crippen molar-refractivity contribution in [1.29, 1.82) is 0 Å². The fourth-order valence-electron chi connectivity index (χ4n) is 5.16. The summed E-state index contributed by atoms with van der Waals surface area (Å²) < 4.78 is 11.4. The predicted octanol–water partition coefficient (Wildman–Crippen LogP) is 2.85. The zero-order valence-electron chi connectivity index (χ0n) is 15.0. The van der Waals surface area contributed by atoms with Crippen LogP contribution >= 0.6 is 15.9 Å². The maximum Gasteiger partial charge on any atom is 0.254 e. The lowest BCUT2D eigenvalue weighted by molar-refractivity contribution is -0.140. The van der Waals surface area contributed by atoms with E-state index < -0.39 is 0 Å². The van der Waals surface area contributed by atoms with Gasteiger partial charge in [-0.25, -0.2) is 0 Å². The van der Waals surface area contributed by atoms with Crippen LogP contribution in [0.5, 0.6) is 11.5 Å². The van der Waals surface area contributed by atoms with E-state index in [1.807, 2.05) is 0 Å². The fourth-order valence-corrected chi connectivity index (χ4v) is 5.68. The molecule has 27 heavy (non-hydrogen) atoms. The van der Waals surface area contributed by atoms with Gasteiger partial charge in [0.2, 0.25) is 0 Å². The quantitative estimate of drug-likeness (QED) is 0.418. The van der Waals surface area contributed by atoms with E-state index in [1.54, 1.807) is 26.4 Å². The molecule has 2 bridgehead atoms. The molecule has 6 rings (SSSR count). The number of halogens is 1. The molecule has 0 N–H and O–H groups in total. The first-order valence-electron chi connectivity index (χ1n) is 9.06. The van der Waals surface area contributed by atoms with Crippen molar-refractivity contribution in [2.24, 2.45) is 40.6 Å². The van der Waals surface area contributed by atoms with Crippen molar-refractivity contribution >= 4 is 34.0 Å². The molecule has 7 heteroatoms. The second kappa shape index (κ2) is 5.92. The Bertz CT molecular complexity index is 875. The van der Waals surface area contributed by atoms with Gasteiger partial charge in [-0.05, 0) is 52.1 Å². The highest BCUT2D eigenvalue weighted by atomic mass is 79.9. The molecule has 1 aliphatic heterocycles. The zero-order valence-corrected chi connectivity index (χ0v) is 16.5. The smallest absolute Gasteiger partial charge is 0.254 e. The monoisotopic (exact) mass is 430 g/mol. The van der Waals surface area contributed by atoms with Crippen LogP contribution in [0.3, 0.4) is 0 Å². The van der Waals surface area contributed by atoms with Gasteiger partial charge < -0.3 is 9.47 Å².